The van der Waals surface area contributed by atoms with Crippen LogP contribution in [-0.2, 0) is 4.74 Å². The van der Waals surface area contributed by atoms with E-state index in [1.807, 2.05) is 11.9 Å². The molecule has 2 saturated heterocycles. The molecule has 2 amide bonds. The number of carbonyl (C=O) groups excluding carboxylic acids is 1. The van der Waals surface area contributed by atoms with E-state index in [-0.39, 0.29) is 18.2 Å². The Hall–Kier alpha value is -0.770. The van der Waals surface area contributed by atoms with E-state index < -0.39 is 0 Å². The molecule has 0 radical (unpaired) electrons. The molecule has 3 aliphatic rings. The topological polar surface area (TPSA) is 41.6 Å². The van der Waals surface area contributed by atoms with E-state index in [0.717, 1.165) is 18.8 Å². The molecule has 1 aliphatic carbocycles. The summed E-state index contributed by atoms with van der Waals surface area (Å²) in [6.45, 7) is 2.15. The minimum absolute atomic E-state index is 0.0746. The zero-order valence-corrected chi connectivity index (χ0v) is 10.7. The molecule has 4 atom stereocenters. The van der Waals surface area contributed by atoms with Gasteiger partial charge in [-0.25, -0.2) is 4.79 Å². The largest absolute Gasteiger partial charge is 0.373 e. The molecule has 0 aromatic rings. The first-order chi connectivity index (χ1) is 8.15. The van der Waals surface area contributed by atoms with Crippen LogP contribution < -0.4 is 5.32 Å². The SMILES string of the molecule is CC(C1CC1)N(C)C(=O)NC1CC2CCC1O2. The number of rotatable bonds is 3. The Morgan fingerprint density at radius 3 is 2.65 bits per heavy atom. The average Bonchev–Trinajstić information content (AvgIpc) is 2.98. The fraction of sp³-hybridized carbons (Fsp3) is 0.923. The summed E-state index contributed by atoms with van der Waals surface area (Å²) in [5.74, 6) is 0.724. The Labute approximate surface area is 103 Å². The van der Waals surface area contributed by atoms with Crippen LogP contribution in [0.5, 0.6) is 0 Å². The second-order valence-corrected chi connectivity index (χ2v) is 5.85. The van der Waals surface area contributed by atoms with Gasteiger partial charge in [0.25, 0.3) is 0 Å². The Kier molecular flexibility index (Phi) is 2.77. The number of amides is 2. The molecule has 17 heavy (non-hydrogen) atoms. The number of hydrogen-bond acceptors (Lipinski definition) is 2. The van der Waals surface area contributed by atoms with E-state index in [4.69, 9.17) is 4.74 Å². The van der Waals surface area contributed by atoms with Crippen LogP contribution in [-0.4, -0.2) is 42.3 Å². The first-order valence-electron chi connectivity index (χ1n) is 6.84. The fourth-order valence-corrected chi connectivity index (χ4v) is 3.13. The summed E-state index contributed by atoms with van der Waals surface area (Å²) in [5.41, 5.74) is 0. The normalized spacial score (nSPS) is 36.9. The lowest BCUT2D eigenvalue weighted by molar-refractivity contribution is 0.0967. The third-order valence-electron chi connectivity index (χ3n) is 4.65. The van der Waals surface area contributed by atoms with Crippen molar-refractivity contribution in [3.8, 4) is 0 Å². The van der Waals surface area contributed by atoms with Gasteiger partial charge >= 0.3 is 6.03 Å². The Balaban J connectivity index is 1.52. The van der Waals surface area contributed by atoms with E-state index in [1.54, 1.807) is 0 Å². The van der Waals surface area contributed by atoms with Crippen molar-refractivity contribution in [1.29, 1.82) is 0 Å². The van der Waals surface area contributed by atoms with Gasteiger partial charge in [-0.3, -0.25) is 0 Å². The minimum atomic E-state index is 0.0746. The molecular formula is C13H22N2O2. The van der Waals surface area contributed by atoms with E-state index in [0.29, 0.717) is 12.1 Å². The summed E-state index contributed by atoms with van der Waals surface area (Å²) in [6.07, 6.45) is 6.50. The van der Waals surface area contributed by atoms with Crippen molar-refractivity contribution in [2.75, 3.05) is 7.05 Å². The highest BCUT2D eigenvalue weighted by Crippen LogP contribution is 2.36. The molecular weight excluding hydrogens is 216 g/mol. The number of nitrogens with one attached hydrogen (secondary N) is 1. The number of ether oxygens (including phenoxy) is 1. The summed E-state index contributed by atoms with van der Waals surface area (Å²) in [4.78, 5) is 14.0. The maximum absolute atomic E-state index is 12.1. The zero-order chi connectivity index (χ0) is 12.0. The molecule has 4 unspecified atom stereocenters. The van der Waals surface area contributed by atoms with Gasteiger partial charge in [-0.1, -0.05) is 0 Å². The van der Waals surface area contributed by atoms with E-state index in [2.05, 4.69) is 12.2 Å². The Bertz CT molecular complexity index is 317. The first-order valence-corrected chi connectivity index (χ1v) is 6.84. The van der Waals surface area contributed by atoms with Crippen molar-refractivity contribution in [2.24, 2.45) is 5.92 Å². The molecule has 0 aromatic carbocycles. The van der Waals surface area contributed by atoms with Gasteiger partial charge in [-0.05, 0) is 44.9 Å². The summed E-state index contributed by atoms with van der Waals surface area (Å²) in [7, 11) is 1.91. The highest BCUT2D eigenvalue weighted by Gasteiger charge is 2.42. The average molecular weight is 238 g/mol. The van der Waals surface area contributed by atoms with E-state index in [1.165, 1.54) is 19.3 Å². The van der Waals surface area contributed by atoms with Crippen LogP contribution in [0.1, 0.15) is 39.0 Å². The molecule has 4 nitrogen and oxygen atoms in total. The van der Waals surface area contributed by atoms with Gasteiger partial charge in [-0.15, -0.1) is 0 Å². The molecule has 1 saturated carbocycles. The van der Waals surface area contributed by atoms with Crippen molar-refractivity contribution in [3.63, 3.8) is 0 Å². The van der Waals surface area contributed by atoms with Crippen LogP contribution in [0.2, 0.25) is 0 Å². The van der Waals surface area contributed by atoms with Crippen LogP contribution in [0.15, 0.2) is 0 Å². The van der Waals surface area contributed by atoms with Crippen molar-refractivity contribution < 1.29 is 9.53 Å². The van der Waals surface area contributed by atoms with Crippen LogP contribution in [0.25, 0.3) is 0 Å². The highest BCUT2D eigenvalue weighted by atomic mass is 16.5. The lowest BCUT2D eigenvalue weighted by atomic mass is 9.96. The smallest absolute Gasteiger partial charge is 0.317 e. The molecule has 96 valence electrons. The van der Waals surface area contributed by atoms with Gasteiger partial charge in [0, 0.05) is 13.1 Å². The maximum Gasteiger partial charge on any atom is 0.317 e. The van der Waals surface area contributed by atoms with Gasteiger partial charge in [0.05, 0.1) is 18.2 Å². The van der Waals surface area contributed by atoms with Crippen LogP contribution in [0.3, 0.4) is 0 Å². The molecule has 3 rings (SSSR count). The molecule has 4 heteroatoms. The summed E-state index contributed by atoms with van der Waals surface area (Å²) in [5, 5.41) is 3.14. The molecule has 2 aliphatic heterocycles. The van der Waals surface area contributed by atoms with E-state index >= 15 is 0 Å². The first kappa shape index (κ1) is 11.3. The third kappa shape index (κ3) is 2.15. The molecule has 3 fully saturated rings. The Morgan fingerprint density at radius 1 is 1.35 bits per heavy atom. The van der Waals surface area contributed by atoms with Gasteiger partial charge in [0.1, 0.15) is 0 Å². The molecule has 1 N–H and O–H groups in total. The fourth-order valence-electron chi connectivity index (χ4n) is 3.13. The number of urea groups is 1. The number of hydrogen-bond donors (Lipinski definition) is 1. The van der Waals surface area contributed by atoms with Crippen LogP contribution >= 0.6 is 0 Å². The third-order valence-corrected chi connectivity index (χ3v) is 4.65. The van der Waals surface area contributed by atoms with Gasteiger partial charge in [0.2, 0.25) is 0 Å². The lowest BCUT2D eigenvalue weighted by Gasteiger charge is -2.28. The Morgan fingerprint density at radius 2 is 2.12 bits per heavy atom. The van der Waals surface area contributed by atoms with Gasteiger partial charge in [0.15, 0.2) is 0 Å². The summed E-state index contributed by atoms with van der Waals surface area (Å²) < 4.78 is 5.75. The second-order valence-electron chi connectivity index (χ2n) is 5.85. The monoisotopic (exact) mass is 238 g/mol. The molecule has 2 bridgehead atoms. The van der Waals surface area contributed by atoms with Gasteiger partial charge in [-0.2, -0.15) is 0 Å². The molecule has 2 heterocycles. The number of fused-ring (bicyclic) bond motifs is 2. The molecule has 0 spiro atoms. The van der Waals surface area contributed by atoms with E-state index in [9.17, 15) is 4.79 Å². The van der Waals surface area contributed by atoms with Crippen molar-refractivity contribution in [3.05, 3.63) is 0 Å². The zero-order valence-electron chi connectivity index (χ0n) is 10.7. The standard InChI is InChI=1S/C13H22N2O2/c1-8(9-3-4-9)15(2)13(16)14-11-7-10-5-6-12(11)17-10/h8-12H,3-7H2,1-2H3,(H,14,16). The van der Waals surface area contributed by atoms with Crippen LogP contribution in [0, 0.1) is 5.92 Å². The quantitative estimate of drug-likeness (QED) is 0.814. The predicted octanol–water partition coefficient (Wildman–Crippen LogP) is 1.75. The minimum Gasteiger partial charge on any atom is -0.373 e. The van der Waals surface area contributed by atoms with Gasteiger partial charge < -0.3 is 15.0 Å². The summed E-state index contributed by atoms with van der Waals surface area (Å²) in [6, 6.07) is 0.690. The van der Waals surface area contributed by atoms with Crippen LogP contribution in [0.4, 0.5) is 4.79 Å². The lowest BCUT2D eigenvalue weighted by Crippen LogP contribution is -2.49. The summed E-state index contributed by atoms with van der Waals surface area (Å²) >= 11 is 0. The molecule has 0 aromatic heterocycles. The maximum atomic E-state index is 12.1. The van der Waals surface area contributed by atoms with Crippen molar-refractivity contribution >= 4 is 6.03 Å². The second kappa shape index (κ2) is 4.16. The number of nitrogens with zero attached hydrogens (tertiary/aromatic N) is 1. The predicted molar refractivity (Wildman–Crippen MR) is 64.8 cm³/mol. The highest BCUT2D eigenvalue weighted by molar-refractivity contribution is 5.74. The number of carbonyl (C=O) groups is 1. The van der Waals surface area contributed by atoms with Crippen molar-refractivity contribution in [1.82, 2.24) is 10.2 Å². The van der Waals surface area contributed by atoms with Crippen molar-refractivity contribution in [2.45, 2.75) is 63.3 Å².